The average Bonchev–Trinajstić information content (AvgIpc) is 3.82. The van der Waals surface area contributed by atoms with Crippen LogP contribution in [0.5, 0.6) is 0 Å². The predicted octanol–water partition coefficient (Wildman–Crippen LogP) is 15.0. The van der Waals surface area contributed by atoms with Crippen LogP contribution in [0.25, 0.3) is 20.9 Å². The summed E-state index contributed by atoms with van der Waals surface area (Å²) in [6.45, 7) is 19.2. The van der Waals surface area contributed by atoms with Gasteiger partial charge in [-0.1, -0.05) is 164 Å². The zero-order valence-corrected chi connectivity index (χ0v) is 35.1. The van der Waals surface area contributed by atoms with Gasteiger partial charge in [0.2, 0.25) is 0 Å². The molecule has 266 valence electrons. The second-order valence-corrected chi connectivity index (χ2v) is 22.9. The number of unbranched alkanes of at least 4 members (excludes halogenated alkanes) is 12. The lowest BCUT2D eigenvalue weighted by Crippen LogP contribution is -2.55. The maximum absolute atomic E-state index is 2.89. The summed E-state index contributed by atoms with van der Waals surface area (Å²) >= 11 is 4.35. The van der Waals surface area contributed by atoms with Gasteiger partial charge in [0.05, 0.1) is 0 Å². The summed E-state index contributed by atoms with van der Waals surface area (Å²) in [5.74, 6) is 1.21. The van der Waals surface area contributed by atoms with Crippen LogP contribution >= 0.6 is 22.7 Å². The number of rotatable bonds is 22. The topological polar surface area (TPSA) is 0 Å². The molecule has 1 aliphatic carbocycles. The zero-order chi connectivity index (χ0) is 34.3. The van der Waals surface area contributed by atoms with Crippen molar-refractivity contribution in [2.24, 2.45) is 0 Å². The van der Waals surface area contributed by atoms with E-state index in [1.54, 1.807) is 41.8 Å². The SMILES string of the molecule is CCCCCCC1(CCCCCC)c2cc3c(cc2-c2sc(C(C)C)cc21)[Si](CCCCCC)(CCCCCC)c1cc(C(C)C)sc1-3. The molecule has 1 aliphatic heterocycles. The maximum Gasteiger partial charge on any atom is 0.120 e. The molecule has 2 aromatic heterocycles. The number of benzene rings is 1. The minimum Gasteiger partial charge on any atom is -0.140 e. The van der Waals surface area contributed by atoms with Crippen molar-refractivity contribution in [2.45, 2.75) is 200 Å². The molecule has 48 heavy (non-hydrogen) atoms. The summed E-state index contributed by atoms with van der Waals surface area (Å²) < 4.78 is 0. The first kappa shape index (κ1) is 38.1. The van der Waals surface area contributed by atoms with Gasteiger partial charge in [0.1, 0.15) is 8.07 Å². The van der Waals surface area contributed by atoms with Gasteiger partial charge in [0.25, 0.3) is 0 Å². The Kier molecular flexibility index (Phi) is 13.8. The van der Waals surface area contributed by atoms with Crippen LogP contribution in [-0.2, 0) is 5.41 Å². The van der Waals surface area contributed by atoms with Crippen LogP contribution in [0.15, 0.2) is 24.3 Å². The first-order valence-corrected chi connectivity index (χ1v) is 24.8. The van der Waals surface area contributed by atoms with Crippen molar-refractivity contribution in [3.8, 4) is 20.9 Å². The summed E-state index contributed by atoms with van der Waals surface area (Å²) in [6.07, 6.45) is 24.6. The molecule has 3 heterocycles. The molecule has 0 fully saturated rings. The highest BCUT2D eigenvalue weighted by Crippen LogP contribution is 2.59. The van der Waals surface area contributed by atoms with E-state index in [4.69, 9.17) is 0 Å². The highest BCUT2D eigenvalue weighted by Gasteiger charge is 2.50. The van der Waals surface area contributed by atoms with E-state index in [0.29, 0.717) is 11.8 Å². The molecule has 0 atom stereocenters. The molecule has 3 aromatic rings. The third-order valence-electron chi connectivity index (χ3n) is 12.2. The van der Waals surface area contributed by atoms with Crippen molar-refractivity contribution in [3.05, 3.63) is 45.1 Å². The molecule has 1 aromatic carbocycles. The lowest BCUT2D eigenvalue weighted by Gasteiger charge is -2.34. The van der Waals surface area contributed by atoms with Crippen LogP contribution in [0.4, 0.5) is 0 Å². The smallest absolute Gasteiger partial charge is 0.120 e. The van der Waals surface area contributed by atoms with Gasteiger partial charge >= 0.3 is 0 Å². The van der Waals surface area contributed by atoms with Crippen LogP contribution < -0.4 is 10.4 Å². The fourth-order valence-electron chi connectivity index (χ4n) is 9.30. The second kappa shape index (κ2) is 17.4. The van der Waals surface area contributed by atoms with Crippen LogP contribution in [-0.4, -0.2) is 8.07 Å². The van der Waals surface area contributed by atoms with E-state index in [-0.39, 0.29) is 5.41 Å². The normalized spacial score (nSPS) is 15.4. The largest absolute Gasteiger partial charge is 0.140 e. The molecule has 5 rings (SSSR count). The number of thiophene rings is 2. The molecule has 3 heteroatoms. The van der Waals surface area contributed by atoms with E-state index >= 15 is 0 Å². The molecule has 0 bridgehead atoms. The summed E-state index contributed by atoms with van der Waals surface area (Å²) in [7, 11) is -1.88. The molecule has 0 unspecified atom stereocenters. The third-order valence-corrected chi connectivity index (χ3v) is 20.6. The molecule has 0 amide bonds. The Balaban J connectivity index is 1.71. The van der Waals surface area contributed by atoms with Crippen LogP contribution in [0.2, 0.25) is 12.1 Å². The molecule has 2 aliphatic rings. The standard InChI is InChI=1S/C45H70S2Si/c1-9-13-17-21-25-45(26-22-18-14-10-2)37-29-36-41(30-35(37)43-38(45)31-39(46-43)33(5)6)48(27-23-19-15-11-3,28-24-20-16-12-4)42-32-40(34(7)8)47-44(36)42/h29-34H,9-28H2,1-8H3. The summed E-state index contributed by atoms with van der Waals surface area (Å²) in [5, 5.41) is 3.71. The summed E-state index contributed by atoms with van der Waals surface area (Å²) in [6, 6.07) is 14.1. The molecular weight excluding hydrogens is 633 g/mol. The van der Waals surface area contributed by atoms with Gasteiger partial charge in [-0.25, -0.2) is 0 Å². The Morgan fingerprint density at radius 1 is 0.500 bits per heavy atom. The van der Waals surface area contributed by atoms with E-state index in [0.717, 1.165) is 0 Å². The Morgan fingerprint density at radius 2 is 1.00 bits per heavy atom. The molecule has 0 radical (unpaired) electrons. The molecular formula is C45H70S2Si. The van der Waals surface area contributed by atoms with Crippen LogP contribution in [0.1, 0.15) is 204 Å². The van der Waals surface area contributed by atoms with Crippen LogP contribution in [0.3, 0.4) is 0 Å². The average molecular weight is 703 g/mol. The maximum atomic E-state index is 2.89. The van der Waals surface area contributed by atoms with Gasteiger partial charge in [-0.2, -0.15) is 0 Å². The Labute approximate surface area is 306 Å². The second-order valence-electron chi connectivity index (χ2n) is 16.4. The predicted molar refractivity (Wildman–Crippen MR) is 222 cm³/mol. The number of hydrogen-bond donors (Lipinski definition) is 0. The lowest BCUT2D eigenvalue weighted by molar-refractivity contribution is 0.401. The molecule has 0 spiro atoms. The van der Waals surface area contributed by atoms with Crippen molar-refractivity contribution in [3.63, 3.8) is 0 Å². The zero-order valence-electron chi connectivity index (χ0n) is 32.4. The van der Waals surface area contributed by atoms with Crippen molar-refractivity contribution in [1.29, 1.82) is 0 Å². The van der Waals surface area contributed by atoms with E-state index in [9.17, 15) is 0 Å². The fourth-order valence-corrected chi connectivity index (χ4v) is 18.1. The Morgan fingerprint density at radius 3 is 1.52 bits per heavy atom. The van der Waals surface area contributed by atoms with Crippen molar-refractivity contribution < 1.29 is 0 Å². The lowest BCUT2D eigenvalue weighted by atomic mass is 9.70. The van der Waals surface area contributed by atoms with Gasteiger partial charge < -0.3 is 0 Å². The van der Waals surface area contributed by atoms with Gasteiger partial charge in [0.15, 0.2) is 0 Å². The van der Waals surface area contributed by atoms with Crippen molar-refractivity contribution in [1.82, 2.24) is 0 Å². The number of hydrogen-bond acceptors (Lipinski definition) is 2. The number of fused-ring (bicyclic) bond motifs is 6. The van der Waals surface area contributed by atoms with E-state index in [1.807, 2.05) is 10.4 Å². The van der Waals surface area contributed by atoms with E-state index in [2.05, 4.69) is 102 Å². The first-order valence-electron chi connectivity index (χ1n) is 20.8. The summed E-state index contributed by atoms with van der Waals surface area (Å²) in [5.41, 5.74) is 7.03. The van der Waals surface area contributed by atoms with Gasteiger partial charge in [-0.15, -0.1) is 22.7 Å². The van der Waals surface area contributed by atoms with E-state index < -0.39 is 8.07 Å². The fraction of sp³-hybridized carbons (Fsp3) is 0.689. The highest BCUT2D eigenvalue weighted by molar-refractivity contribution is 7.22. The van der Waals surface area contributed by atoms with Gasteiger partial charge in [-0.3, -0.25) is 0 Å². The molecule has 0 N–H and O–H groups in total. The minimum atomic E-state index is -1.88. The van der Waals surface area contributed by atoms with E-state index in [1.165, 1.54) is 128 Å². The first-order chi connectivity index (χ1) is 23.3. The Hall–Kier alpha value is -1.16. The monoisotopic (exact) mass is 702 g/mol. The molecule has 0 nitrogen and oxygen atoms in total. The minimum absolute atomic E-state index is 0.193. The quantitative estimate of drug-likeness (QED) is 0.0722. The molecule has 0 saturated heterocycles. The third kappa shape index (κ3) is 7.55. The van der Waals surface area contributed by atoms with Crippen molar-refractivity contribution in [2.75, 3.05) is 0 Å². The van der Waals surface area contributed by atoms with Crippen LogP contribution in [0, 0.1) is 0 Å². The van der Waals surface area contributed by atoms with Gasteiger partial charge in [0, 0.05) is 24.9 Å². The van der Waals surface area contributed by atoms with Gasteiger partial charge in [-0.05, 0) is 87.6 Å². The van der Waals surface area contributed by atoms with Crippen molar-refractivity contribution >= 4 is 41.1 Å². The highest BCUT2D eigenvalue weighted by atomic mass is 32.1. The molecule has 0 saturated carbocycles. The Bertz CT molecular complexity index is 1320. The summed E-state index contributed by atoms with van der Waals surface area (Å²) in [4.78, 5) is 6.62.